The van der Waals surface area contributed by atoms with Crippen LogP contribution >= 0.6 is 0 Å². The number of nitrogens with one attached hydrogen (secondary N) is 2. The predicted octanol–water partition coefficient (Wildman–Crippen LogP) is 4.13. The van der Waals surface area contributed by atoms with E-state index in [2.05, 4.69) is 35.4 Å². The quantitative estimate of drug-likeness (QED) is 0.522. The van der Waals surface area contributed by atoms with Crippen molar-refractivity contribution in [2.75, 3.05) is 27.1 Å². The van der Waals surface area contributed by atoms with Crippen LogP contribution in [0, 0.1) is 0 Å². The monoisotopic (exact) mass is 408 g/mol. The molecule has 0 radical (unpaired) electrons. The number of aromatic amines is 1. The van der Waals surface area contributed by atoms with Crippen molar-refractivity contribution in [3.63, 3.8) is 0 Å². The van der Waals surface area contributed by atoms with Crippen LogP contribution in [0.3, 0.4) is 0 Å². The summed E-state index contributed by atoms with van der Waals surface area (Å²) in [4.78, 5) is 16.2. The molecule has 0 unspecified atom stereocenters. The van der Waals surface area contributed by atoms with Crippen LogP contribution in [0.5, 0.6) is 11.5 Å². The van der Waals surface area contributed by atoms with Gasteiger partial charge in [0.05, 0.1) is 0 Å². The van der Waals surface area contributed by atoms with Gasteiger partial charge in [0.25, 0.3) is 0 Å². The highest BCUT2D eigenvalue weighted by Gasteiger charge is 2.28. The molecule has 0 saturated carbocycles. The van der Waals surface area contributed by atoms with Crippen molar-refractivity contribution in [1.29, 1.82) is 0 Å². The number of H-pyrrole nitrogens is 1. The van der Waals surface area contributed by atoms with Gasteiger partial charge in [0, 0.05) is 55.3 Å². The highest BCUT2D eigenvalue weighted by atomic mass is 16.7. The highest BCUT2D eigenvalue weighted by molar-refractivity contribution is 5.88. The SMILES string of the molecule is CCc1cccc2c([C@H](CC(=O)NCCCOC)c3cccc4c3OCO4)c[nH]c12. The first-order valence-electron chi connectivity index (χ1n) is 10.5. The Kier molecular flexibility index (Phi) is 6.23. The minimum absolute atomic E-state index is 0.00798. The van der Waals surface area contributed by atoms with Gasteiger partial charge in [-0.05, 0) is 30.0 Å². The Hall–Kier alpha value is -2.99. The zero-order valence-corrected chi connectivity index (χ0v) is 17.5. The molecule has 0 bridgehead atoms. The lowest BCUT2D eigenvalue weighted by Crippen LogP contribution is -2.27. The number of carbonyl (C=O) groups excluding carboxylic acids is 1. The number of hydrogen-bond acceptors (Lipinski definition) is 4. The van der Waals surface area contributed by atoms with Gasteiger partial charge in [0.15, 0.2) is 11.5 Å². The topological polar surface area (TPSA) is 72.6 Å². The first kappa shape index (κ1) is 20.3. The normalized spacial score (nSPS) is 13.5. The maximum atomic E-state index is 12.8. The van der Waals surface area contributed by atoms with Crippen molar-refractivity contribution in [3.8, 4) is 11.5 Å². The second-order valence-corrected chi connectivity index (χ2v) is 7.47. The van der Waals surface area contributed by atoms with E-state index in [0.29, 0.717) is 19.6 Å². The molecule has 2 aromatic carbocycles. The summed E-state index contributed by atoms with van der Waals surface area (Å²) < 4.78 is 16.4. The van der Waals surface area contributed by atoms with Crippen molar-refractivity contribution < 1.29 is 19.0 Å². The van der Waals surface area contributed by atoms with Crippen molar-refractivity contribution in [2.45, 2.75) is 32.1 Å². The van der Waals surface area contributed by atoms with Gasteiger partial charge in [-0.1, -0.05) is 37.3 Å². The first-order chi connectivity index (χ1) is 14.7. The summed E-state index contributed by atoms with van der Waals surface area (Å²) in [7, 11) is 1.66. The Labute approximate surface area is 176 Å². The molecule has 2 heterocycles. The minimum Gasteiger partial charge on any atom is -0.454 e. The van der Waals surface area contributed by atoms with E-state index in [-0.39, 0.29) is 18.6 Å². The Balaban J connectivity index is 1.70. The molecule has 2 N–H and O–H groups in total. The van der Waals surface area contributed by atoms with Crippen LogP contribution in [0.1, 0.15) is 42.4 Å². The fourth-order valence-electron chi connectivity index (χ4n) is 4.14. The van der Waals surface area contributed by atoms with Crippen LogP contribution < -0.4 is 14.8 Å². The molecule has 1 aliphatic rings. The van der Waals surface area contributed by atoms with E-state index in [4.69, 9.17) is 14.2 Å². The summed E-state index contributed by atoms with van der Waals surface area (Å²) in [6.45, 7) is 3.58. The molecule has 6 heteroatoms. The van der Waals surface area contributed by atoms with E-state index in [0.717, 1.165) is 46.4 Å². The molecular weight excluding hydrogens is 380 g/mol. The molecular formula is C24H28N2O4. The van der Waals surface area contributed by atoms with E-state index in [1.807, 2.05) is 24.4 Å². The molecule has 4 rings (SSSR count). The second kappa shape index (κ2) is 9.22. The molecule has 0 fully saturated rings. The molecule has 3 aromatic rings. The van der Waals surface area contributed by atoms with Crippen LogP contribution in [0.25, 0.3) is 10.9 Å². The molecule has 30 heavy (non-hydrogen) atoms. The Morgan fingerprint density at radius 3 is 2.90 bits per heavy atom. The lowest BCUT2D eigenvalue weighted by Gasteiger charge is -2.19. The van der Waals surface area contributed by atoms with Crippen LogP contribution in [-0.4, -0.2) is 37.9 Å². The van der Waals surface area contributed by atoms with Crippen molar-refractivity contribution in [3.05, 3.63) is 59.3 Å². The molecule has 1 aliphatic heterocycles. The Morgan fingerprint density at radius 1 is 1.20 bits per heavy atom. The number of rotatable bonds is 9. The summed E-state index contributed by atoms with van der Waals surface area (Å²) in [5, 5.41) is 4.16. The molecule has 1 amide bonds. The van der Waals surface area contributed by atoms with Crippen LogP contribution in [0.4, 0.5) is 0 Å². The Morgan fingerprint density at radius 2 is 2.07 bits per heavy atom. The molecule has 158 valence electrons. The van der Waals surface area contributed by atoms with E-state index in [9.17, 15) is 4.79 Å². The second-order valence-electron chi connectivity index (χ2n) is 7.47. The first-order valence-corrected chi connectivity index (χ1v) is 10.5. The number of amides is 1. The summed E-state index contributed by atoms with van der Waals surface area (Å²) in [6, 6.07) is 12.2. The zero-order valence-electron chi connectivity index (χ0n) is 17.5. The van der Waals surface area contributed by atoms with Crippen LogP contribution in [0.15, 0.2) is 42.6 Å². The summed E-state index contributed by atoms with van der Waals surface area (Å²) >= 11 is 0. The lowest BCUT2D eigenvalue weighted by molar-refractivity contribution is -0.121. The van der Waals surface area contributed by atoms with Crippen LogP contribution in [0.2, 0.25) is 0 Å². The number of aromatic nitrogens is 1. The number of aryl methyl sites for hydroxylation is 1. The van der Waals surface area contributed by atoms with Gasteiger partial charge in [-0.25, -0.2) is 0 Å². The predicted molar refractivity (Wildman–Crippen MR) is 116 cm³/mol. The van der Waals surface area contributed by atoms with Crippen molar-refractivity contribution >= 4 is 16.8 Å². The fourth-order valence-corrected chi connectivity index (χ4v) is 4.14. The molecule has 0 aliphatic carbocycles. The summed E-state index contributed by atoms with van der Waals surface area (Å²) in [6.07, 6.45) is 4.09. The van der Waals surface area contributed by atoms with Crippen molar-refractivity contribution in [1.82, 2.24) is 10.3 Å². The Bertz CT molecular complexity index is 1030. The number of benzene rings is 2. The highest BCUT2D eigenvalue weighted by Crippen LogP contribution is 2.44. The molecule has 1 atom stereocenters. The van der Waals surface area contributed by atoms with Gasteiger partial charge in [-0.15, -0.1) is 0 Å². The van der Waals surface area contributed by atoms with E-state index >= 15 is 0 Å². The van der Waals surface area contributed by atoms with Gasteiger partial charge in [-0.2, -0.15) is 0 Å². The van der Waals surface area contributed by atoms with E-state index in [1.165, 1.54) is 5.56 Å². The number of ether oxygens (including phenoxy) is 3. The smallest absolute Gasteiger partial charge is 0.231 e. The molecule has 6 nitrogen and oxygen atoms in total. The molecule has 0 spiro atoms. The number of fused-ring (bicyclic) bond motifs is 2. The lowest BCUT2D eigenvalue weighted by atomic mass is 9.86. The van der Waals surface area contributed by atoms with Gasteiger partial charge in [0.2, 0.25) is 12.7 Å². The number of methoxy groups -OCH3 is 1. The average Bonchev–Trinajstić information content (AvgIpc) is 3.42. The summed E-state index contributed by atoms with van der Waals surface area (Å²) in [5.74, 6) is 1.32. The number of hydrogen-bond donors (Lipinski definition) is 2. The van der Waals surface area contributed by atoms with Crippen LogP contribution in [-0.2, 0) is 16.0 Å². The third-order valence-corrected chi connectivity index (χ3v) is 5.63. The van der Waals surface area contributed by atoms with Gasteiger partial charge in [-0.3, -0.25) is 4.79 Å². The third kappa shape index (κ3) is 4.00. The zero-order chi connectivity index (χ0) is 20.9. The largest absolute Gasteiger partial charge is 0.454 e. The van der Waals surface area contributed by atoms with Gasteiger partial charge < -0.3 is 24.5 Å². The van der Waals surface area contributed by atoms with E-state index < -0.39 is 0 Å². The molecule has 1 aromatic heterocycles. The van der Waals surface area contributed by atoms with E-state index in [1.54, 1.807) is 7.11 Å². The standard InChI is InChI=1S/C24H28N2O4/c1-3-16-7-4-8-17-20(14-26-23(16)17)19(13-22(27)25-11-6-12-28-2)18-9-5-10-21-24(18)30-15-29-21/h4-5,7-10,14,19,26H,3,6,11-13,15H2,1-2H3,(H,25,27)/t19-/m1/s1. The summed E-state index contributed by atoms with van der Waals surface area (Å²) in [5.41, 5.74) is 4.46. The van der Waals surface area contributed by atoms with Crippen molar-refractivity contribution in [2.24, 2.45) is 0 Å². The molecule has 0 saturated heterocycles. The number of para-hydroxylation sites is 2. The average molecular weight is 408 g/mol. The third-order valence-electron chi connectivity index (χ3n) is 5.63. The van der Waals surface area contributed by atoms with Gasteiger partial charge >= 0.3 is 0 Å². The fraction of sp³-hybridized carbons (Fsp3) is 0.375. The number of carbonyl (C=O) groups is 1. The maximum absolute atomic E-state index is 12.8. The van der Waals surface area contributed by atoms with Gasteiger partial charge in [0.1, 0.15) is 0 Å². The minimum atomic E-state index is -0.148. The maximum Gasteiger partial charge on any atom is 0.231 e.